The van der Waals surface area contributed by atoms with Crippen molar-refractivity contribution in [1.82, 2.24) is 5.06 Å². The van der Waals surface area contributed by atoms with Gasteiger partial charge in [-0.15, -0.1) is 5.06 Å². The Balaban J connectivity index is 2.87. The third-order valence-electron chi connectivity index (χ3n) is 2.23. The van der Waals surface area contributed by atoms with Crippen LogP contribution in [0.15, 0.2) is 22.7 Å². The average molecular weight is 362 g/mol. The van der Waals surface area contributed by atoms with E-state index in [9.17, 15) is 9.18 Å². The van der Waals surface area contributed by atoms with Crippen LogP contribution < -0.4 is 4.84 Å². The molecule has 0 saturated heterocycles. The summed E-state index contributed by atoms with van der Waals surface area (Å²) in [4.78, 5) is 17.7. The minimum atomic E-state index is -0.612. The van der Waals surface area contributed by atoms with E-state index >= 15 is 0 Å². The number of hydrogen-bond acceptors (Lipinski definition) is 3. The van der Waals surface area contributed by atoms with Crippen molar-refractivity contribution in [2.24, 2.45) is 5.92 Å². The second kappa shape index (κ2) is 7.11. The topological polar surface area (TPSA) is 38.8 Å². The van der Waals surface area contributed by atoms with Crippen LogP contribution in [0.2, 0.25) is 0 Å². The first kappa shape index (κ1) is 17.8. The summed E-state index contributed by atoms with van der Waals surface area (Å²) in [6, 6.07) is 4.19. The minimum absolute atomic E-state index is 0.196. The van der Waals surface area contributed by atoms with Gasteiger partial charge in [-0.2, -0.15) is 0 Å². The third-order valence-corrected chi connectivity index (χ3v) is 2.84. The molecule has 0 atom stereocenters. The summed E-state index contributed by atoms with van der Waals surface area (Å²) < 4.78 is 18.8. The van der Waals surface area contributed by atoms with Gasteiger partial charge in [-0.1, -0.05) is 13.8 Å². The number of rotatable bonds is 4. The molecule has 0 aromatic heterocycles. The molecular formula is C15H21BrFNO3. The molecule has 0 bridgehead atoms. The van der Waals surface area contributed by atoms with Gasteiger partial charge < -0.3 is 9.57 Å². The first-order valence-corrected chi connectivity index (χ1v) is 7.51. The second-order valence-corrected chi connectivity index (χ2v) is 6.96. The van der Waals surface area contributed by atoms with Gasteiger partial charge in [0.1, 0.15) is 11.4 Å². The second-order valence-electron chi connectivity index (χ2n) is 6.10. The van der Waals surface area contributed by atoms with Gasteiger partial charge in [0.15, 0.2) is 5.75 Å². The molecule has 6 heteroatoms. The van der Waals surface area contributed by atoms with E-state index in [4.69, 9.17) is 9.57 Å². The fourth-order valence-corrected chi connectivity index (χ4v) is 1.81. The predicted molar refractivity (Wildman–Crippen MR) is 82.5 cm³/mol. The van der Waals surface area contributed by atoms with Crippen LogP contribution in [0.3, 0.4) is 0 Å². The number of nitrogens with zero attached hydrogens (tertiary/aromatic N) is 1. The lowest BCUT2D eigenvalue weighted by Crippen LogP contribution is -2.41. The van der Waals surface area contributed by atoms with Crippen LogP contribution in [-0.4, -0.2) is 23.3 Å². The Morgan fingerprint density at radius 3 is 2.48 bits per heavy atom. The fraction of sp³-hybridized carbons (Fsp3) is 0.533. The zero-order chi connectivity index (χ0) is 16.2. The molecule has 1 amide bonds. The molecule has 4 nitrogen and oxygen atoms in total. The minimum Gasteiger partial charge on any atom is -0.442 e. The molecule has 0 fully saturated rings. The Morgan fingerprint density at radius 1 is 1.38 bits per heavy atom. The van der Waals surface area contributed by atoms with Crippen molar-refractivity contribution in [2.45, 2.75) is 40.2 Å². The lowest BCUT2D eigenvalue weighted by atomic mass is 10.2. The Kier molecular flexibility index (Phi) is 6.01. The Labute approximate surface area is 133 Å². The molecule has 0 heterocycles. The number of hydrogen-bond donors (Lipinski definition) is 0. The first-order chi connectivity index (χ1) is 9.58. The number of hydroxylamine groups is 2. The molecule has 0 spiro atoms. The van der Waals surface area contributed by atoms with Crippen LogP contribution in [0, 0.1) is 11.7 Å². The van der Waals surface area contributed by atoms with E-state index in [1.165, 1.54) is 18.2 Å². The SMILES string of the molecule is CC(C)CN(Oc1ccc(F)c(Br)c1)C(=O)OC(C)(C)C. The summed E-state index contributed by atoms with van der Waals surface area (Å²) in [7, 11) is 0. The molecule has 0 aliphatic carbocycles. The molecule has 1 aromatic rings. The predicted octanol–water partition coefficient (Wildman–Crippen LogP) is 4.78. The summed E-state index contributed by atoms with van der Waals surface area (Å²) >= 11 is 3.08. The van der Waals surface area contributed by atoms with Crippen molar-refractivity contribution in [1.29, 1.82) is 0 Å². The molecule has 0 aliphatic rings. The lowest BCUT2D eigenvalue weighted by Gasteiger charge is -2.27. The van der Waals surface area contributed by atoms with E-state index in [-0.39, 0.29) is 10.4 Å². The van der Waals surface area contributed by atoms with Gasteiger partial charge in [-0.25, -0.2) is 9.18 Å². The molecule has 0 aliphatic heterocycles. The lowest BCUT2D eigenvalue weighted by molar-refractivity contribution is -0.0778. The largest absolute Gasteiger partial charge is 0.443 e. The van der Waals surface area contributed by atoms with Crippen molar-refractivity contribution in [3.05, 3.63) is 28.5 Å². The Bertz CT molecular complexity index is 500. The van der Waals surface area contributed by atoms with Gasteiger partial charge in [-0.3, -0.25) is 0 Å². The summed E-state index contributed by atoms with van der Waals surface area (Å²) in [6.07, 6.45) is -0.573. The maximum absolute atomic E-state index is 13.2. The summed E-state index contributed by atoms with van der Waals surface area (Å²) in [5.74, 6) is 0.159. The number of carbonyl (C=O) groups excluding carboxylic acids is 1. The highest BCUT2D eigenvalue weighted by molar-refractivity contribution is 9.10. The smallest absolute Gasteiger partial charge is 0.442 e. The van der Waals surface area contributed by atoms with Crippen LogP contribution in [0.1, 0.15) is 34.6 Å². The van der Waals surface area contributed by atoms with Crippen molar-refractivity contribution >= 4 is 22.0 Å². The molecule has 0 radical (unpaired) electrons. The average Bonchev–Trinajstić information content (AvgIpc) is 2.30. The van der Waals surface area contributed by atoms with Crippen molar-refractivity contribution in [3.63, 3.8) is 0 Å². The van der Waals surface area contributed by atoms with E-state index in [1.54, 1.807) is 20.8 Å². The van der Waals surface area contributed by atoms with Crippen LogP contribution in [0.5, 0.6) is 5.75 Å². The van der Waals surface area contributed by atoms with Gasteiger partial charge in [0.25, 0.3) is 0 Å². The molecular weight excluding hydrogens is 341 g/mol. The number of benzene rings is 1. The van der Waals surface area contributed by atoms with Crippen LogP contribution in [-0.2, 0) is 4.74 Å². The number of ether oxygens (including phenoxy) is 1. The van der Waals surface area contributed by atoms with Crippen LogP contribution in [0.4, 0.5) is 9.18 Å². The molecule has 0 N–H and O–H groups in total. The van der Waals surface area contributed by atoms with Gasteiger partial charge in [0, 0.05) is 6.07 Å². The molecule has 1 aromatic carbocycles. The molecule has 21 heavy (non-hydrogen) atoms. The fourth-order valence-electron chi connectivity index (χ4n) is 1.45. The van der Waals surface area contributed by atoms with Crippen LogP contribution in [0.25, 0.3) is 0 Å². The highest BCUT2D eigenvalue weighted by atomic mass is 79.9. The quantitative estimate of drug-likeness (QED) is 0.724. The van der Waals surface area contributed by atoms with E-state index < -0.39 is 17.5 Å². The molecule has 1 rings (SSSR count). The maximum Gasteiger partial charge on any atom is 0.443 e. The van der Waals surface area contributed by atoms with Crippen LogP contribution >= 0.6 is 15.9 Å². The highest BCUT2D eigenvalue weighted by Gasteiger charge is 2.24. The number of carbonyl (C=O) groups is 1. The van der Waals surface area contributed by atoms with E-state index in [0.29, 0.717) is 12.3 Å². The summed E-state index contributed by atoms with van der Waals surface area (Å²) in [6.45, 7) is 9.64. The normalized spacial score (nSPS) is 11.4. The van der Waals surface area contributed by atoms with Crippen molar-refractivity contribution in [2.75, 3.05) is 6.54 Å². The van der Waals surface area contributed by atoms with E-state index in [1.807, 2.05) is 13.8 Å². The molecule has 118 valence electrons. The van der Waals surface area contributed by atoms with Crippen molar-refractivity contribution < 1.29 is 18.8 Å². The third kappa shape index (κ3) is 6.33. The van der Waals surface area contributed by atoms with Gasteiger partial charge in [-0.05, 0) is 54.8 Å². The highest BCUT2D eigenvalue weighted by Crippen LogP contribution is 2.23. The number of amides is 1. The van der Waals surface area contributed by atoms with Crippen molar-refractivity contribution in [3.8, 4) is 5.75 Å². The maximum atomic E-state index is 13.2. The molecule has 0 unspecified atom stereocenters. The van der Waals surface area contributed by atoms with Gasteiger partial charge in [0.05, 0.1) is 11.0 Å². The van der Waals surface area contributed by atoms with E-state index in [0.717, 1.165) is 5.06 Å². The van der Waals surface area contributed by atoms with Gasteiger partial charge >= 0.3 is 6.09 Å². The summed E-state index contributed by atoms with van der Waals surface area (Å²) in [5, 5.41) is 1.15. The van der Waals surface area contributed by atoms with E-state index in [2.05, 4.69) is 15.9 Å². The van der Waals surface area contributed by atoms with Gasteiger partial charge in [0.2, 0.25) is 0 Å². The summed E-state index contributed by atoms with van der Waals surface area (Å²) in [5.41, 5.74) is -0.612. The first-order valence-electron chi connectivity index (χ1n) is 6.72. The number of halogens is 2. The standard InChI is InChI=1S/C15H21BrFNO3/c1-10(2)9-18(14(19)20-15(3,4)5)21-11-6-7-13(17)12(16)8-11/h6-8,10H,9H2,1-5H3. The Hall–Kier alpha value is -1.30. The zero-order valence-electron chi connectivity index (χ0n) is 12.9. The molecule has 0 saturated carbocycles. The zero-order valence-corrected chi connectivity index (χ0v) is 14.5. The monoisotopic (exact) mass is 361 g/mol. The Morgan fingerprint density at radius 2 is 2.00 bits per heavy atom.